The van der Waals surface area contributed by atoms with Crippen LogP contribution in [0.2, 0.25) is 5.02 Å². The van der Waals surface area contributed by atoms with Crippen molar-refractivity contribution in [2.24, 2.45) is 0 Å². The summed E-state index contributed by atoms with van der Waals surface area (Å²) in [5, 5.41) is 1.16. The maximum Gasteiger partial charge on any atom is 0.272 e. The van der Waals surface area contributed by atoms with E-state index in [-0.39, 0.29) is 17.9 Å². The van der Waals surface area contributed by atoms with E-state index in [1.165, 1.54) is 29.9 Å². The summed E-state index contributed by atoms with van der Waals surface area (Å²) in [7, 11) is 1.52. The van der Waals surface area contributed by atoms with Crippen LogP contribution in [0.4, 0.5) is 4.39 Å². The van der Waals surface area contributed by atoms with Crippen LogP contribution in [0.3, 0.4) is 0 Å². The fraction of sp³-hybridized carbons (Fsp3) is 0.115. The van der Waals surface area contributed by atoms with Crippen LogP contribution in [0, 0.1) is 12.7 Å². The van der Waals surface area contributed by atoms with Gasteiger partial charge in [-0.05, 0) is 67.1 Å². The second-order valence-corrected chi connectivity index (χ2v) is 8.19. The van der Waals surface area contributed by atoms with Gasteiger partial charge in [0.05, 0.1) is 24.6 Å². The van der Waals surface area contributed by atoms with Crippen LogP contribution >= 0.6 is 11.6 Å². The minimum Gasteiger partial charge on any atom is -0.497 e. The van der Waals surface area contributed by atoms with Crippen LogP contribution in [0.15, 0.2) is 66.7 Å². The zero-order valence-corrected chi connectivity index (χ0v) is 19.7. The maximum absolute atomic E-state index is 13.8. The molecule has 0 bridgehead atoms. The second-order valence-electron chi connectivity index (χ2n) is 7.75. The first-order chi connectivity index (χ1) is 16.8. The van der Waals surface area contributed by atoms with E-state index in [0.717, 1.165) is 6.07 Å². The number of ether oxygens (including phenoxy) is 1. The number of hydrogen-bond donors (Lipinski definition) is 2. The minimum absolute atomic E-state index is 0.145. The molecular formula is C26H21ClFN3O4. The van der Waals surface area contributed by atoms with Gasteiger partial charge >= 0.3 is 0 Å². The molecule has 0 aliphatic carbocycles. The number of carbonyl (C=O) groups excluding carboxylic acids is 3. The Morgan fingerprint density at radius 1 is 1.00 bits per heavy atom. The number of halogens is 2. The average molecular weight is 494 g/mol. The summed E-state index contributed by atoms with van der Waals surface area (Å²) in [6.07, 6.45) is -0.145. The Morgan fingerprint density at radius 2 is 1.71 bits per heavy atom. The van der Waals surface area contributed by atoms with Crippen molar-refractivity contribution in [3.05, 3.63) is 100.0 Å². The van der Waals surface area contributed by atoms with Crippen molar-refractivity contribution in [1.29, 1.82) is 0 Å². The van der Waals surface area contributed by atoms with Crippen molar-refractivity contribution < 1.29 is 23.5 Å². The maximum atomic E-state index is 13.8. The summed E-state index contributed by atoms with van der Waals surface area (Å²) in [6, 6.07) is 17.2. The molecule has 1 aromatic heterocycles. The van der Waals surface area contributed by atoms with Crippen LogP contribution in [0.25, 0.3) is 10.9 Å². The molecule has 4 aromatic rings. The van der Waals surface area contributed by atoms with Gasteiger partial charge in [-0.15, -0.1) is 0 Å². The van der Waals surface area contributed by atoms with E-state index in [1.807, 2.05) is 0 Å². The first kappa shape index (κ1) is 24.0. The lowest BCUT2D eigenvalue weighted by Gasteiger charge is -2.09. The number of fused-ring (bicyclic) bond motifs is 1. The number of nitrogens with zero attached hydrogens (tertiary/aromatic N) is 1. The minimum atomic E-state index is -0.782. The quantitative estimate of drug-likeness (QED) is 0.402. The number of aromatic nitrogens is 1. The normalized spacial score (nSPS) is 10.7. The molecule has 2 N–H and O–H groups in total. The Hall–Kier alpha value is -4.17. The Bertz CT molecular complexity index is 1450. The molecule has 9 heteroatoms. The second kappa shape index (κ2) is 9.99. The standard InChI is InChI=1S/C26H21ClFN3O4/c1-15-20(14-24(32)29-30-25(33)19-5-3-4-6-22(19)28)21-13-18(35-2)11-12-23(21)31(15)26(34)16-7-9-17(27)10-8-16/h3-13H,14H2,1-2H3,(H,29,32)(H,30,33). The average Bonchev–Trinajstić information content (AvgIpc) is 3.13. The number of hydrazine groups is 1. The van der Waals surface area contributed by atoms with Gasteiger partial charge in [0.2, 0.25) is 5.91 Å². The molecule has 0 fully saturated rings. The van der Waals surface area contributed by atoms with Gasteiger partial charge in [0.1, 0.15) is 11.6 Å². The lowest BCUT2D eigenvalue weighted by Crippen LogP contribution is -2.42. The molecule has 0 unspecified atom stereocenters. The molecule has 2 amide bonds. The Balaban J connectivity index is 1.64. The number of amides is 2. The molecule has 0 aliphatic heterocycles. The third-order valence-electron chi connectivity index (χ3n) is 5.61. The molecule has 1 heterocycles. The van der Waals surface area contributed by atoms with Gasteiger partial charge in [-0.25, -0.2) is 4.39 Å². The summed E-state index contributed by atoms with van der Waals surface area (Å²) in [4.78, 5) is 38.3. The monoisotopic (exact) mass is 493 g/mol. The van der Waals surface area contributed by atoms with Gasteiger partial charge in [-0.1, -0.05) is 23.7 Å². The lowest BCUT2D eigenvalue weighted by molar-refractivity contribution is -0.121. The summed E-state index contributed by atoms with van der Waals surface area (Å²) in [6.45, 7) is 1.74. The van der Waals surface area contributed by atoms with E-state index < -0.39 is 17.6 Å². The van der Waals surface area contributed by atoms with Gasteiger partial charge < -0.3 is 4.74 Å². The molecule has 0 aliphatic rings. The Labute approximate surface area is 205 Å². The smallest absolute Gasteiger partial charge is 0.272 e. The molecular weight excluding hydrogens is 473 g/mol. The van der Waals surface area contributed by atoms with E-state index in [1.54, 1.807) is 49.4 Å². The van der Waals surface area contributed by atoms with Crippen LogP contribution in [0.1, 0.15) is 32.0 Å². The van der Waals surface area contributed by atoms with Crippen molar-refractivity contribution >= 4 is 40.2 Å². The highest BCUT2D eigenvalue weighted by Gasteiger charge is 2.22. The number of benzene rings is 3. The molecule has 178 valence electrons. The Kier molecular flexibility index (Phi) is 6.84. The van der Waals surface area contributed by atoms with Crippen LogP contribution in [-0.4, -0.2) is 29.4 Å². The molecule has 35 heavy (non-hydrogen) atoms. The fourth-order valence-electron chi connectivity index (χ4n) is 3.84. The van der Waals surface area contributed by atoms with E-state index in [9.17, 15) is 18.8 Å². The SMILES string of the molecule is COc1ccc2c(c1)c(CC(=O)NNC(=O)c1ccccc1F)c(C)n2C(=O)c1ccc(Cl)cc1. The number of carbonyl (C=O) groups is 3. The Morgan fingerprint density at radius 3 is 2.40 bits per heavy atom. The first-order valence-electron chi connectivity index (χ1n) is 10.6. The number of hydrogen-bond acceptors (Lipinski definition) is 4. The molecule has 0 atom stereocenters. The lowest BCUT2D eigenvalue weighted by atomic mass is 10.1. The summed E-state index contributed by atoms with van der Waals surface area (Å²) in [5.41, 5.74) is 6.50. The van der Waals surface area contributed by atoms with E-state index in [4.69, 9.17) is 16.3 Å². The molecule has 0 spiro atoms. The molecule has 0 saturated heterocycles. The van der Waals surface area contributed by atoms with Crippen molar-refractivity contribution in [3.63, 3.8) is 0 Å². The third-order valence-corrected chi connectivity index (χ3v) is 5.86. The summed E-state index contributed by atoms with van der Waals surface area (Å²) >= 11 is 5.96. The summed E-state index contributed by atoms with van der Waals surface area (Å²) < 4.78 is 20.7. The molecule has 0 saturated carbocycles. The largest absolute Gasteiger partial charge is 0.497 e. The van der Waals surface area contributed by atoms with Crippen LogP contribution in [-0.2, 0) is 11.2 Å². The van der Waals surface area contributed by atoms with E-state index >= 15 is 0 Å². The van der Waals surface area contributed by atoms with Crippen LogP contribution < -0.4 is 15.6 Å². The van der Waals surface area contributed by atoms with E-state index in [2.05, 4.69) is 10.9 Å². The molecule has 3 aromatic carbocycles. The predicted octanol–water partition coefficient (Wildman–Crippen LogP) is 4.44. The van der Waals surface area contributed by atoms with Crippen molar-refractivity contribution in [2.75, 3.05) is 7.11 Å². The molecule has 7 nitrogen and oxygen atoms in total. The third kappa shape index (κ3) is 4.88. The fourth-order valence-corrected chi connectivity index (χ4v) is 3.97. The predicted molar refractivity (Wildman–Crippen MR) is 130 cm³/mol. The van der Waals surface area contributed by atoms with Crippen molar-refractivity contribution in [1.82, 2.24) is 15.4 Å². The highest BCUT2D eigenvalue weighted by Crippen LogP contribution is 2.30. The topological polar surface area (TPSA) is 89.4 Å². The highest BCUT2D eigenvalue weighted by molar-refractivity contribution is 6.30. The highest BCUT2D eigenvalue weighted by atomic mass is 35.5. The van der Waals surface area contributed by atoms with Crippen molar-refractivity contribution in [2.45, 2.75) is 13.3 Å². The number of nitrogens with one attached hydrogen (secondary N) is 2. The molecule has 0 radical (unpaired) electrons. The van der Waals surface area contributed by atoms with Gasteiger partial charge in [-0.3, -0.25) is 29.8 Å². The summed E-state index contributed by atoms with van der Waals surface area (Å²) in [5.74, 6) is -1.75. The van der Waals surface area contributed by atoms with Gasteiger partial charge in [0.25, 0.3) is 11.8 Å². The van der Waals surface area contributed by atoms with E-state index in [0.29, 0.717) is 38.5 Å². The van der Waals surface area contributed by atoms with Crippen LogP contribution in [0.5, 0.6) is 5.75 Å². The van der Waals surface area contributed by atoms with Crippen molar-refractivity contribution in [3.8, 4) is 5.75 Å². The van der Waals surface area contributed by atoms with Gasteiger partial charge in [-0.2, -0.15) is 0 Å². The first-order valence-corrected chi connectivity index (χ1v) is 11.0. The molecule has 4 rings (SSSR count). The van der Waals surface area contributed by atoms with Gasteiger partial charge in [0, 0.05) is 21.7 Å². The number of methoxy groups -OCH3 is 1. The zero-order chi connectivity index (χ0) is 25.1. The van der Waals surface area contributed by atoms with Gasteiger partial charge in [0.15, 0.2) is 0 Å². The zero-order valence-electron chi connectivity index (χ0n) is 18.9. The number of rotatable bonds is 5.